The lowest BCUT2D eigenvalue weighted by molar-refractivity contribution is -0.135. The quantitative estimate of drug-likeness (QED) is 0.724. The maximum atomic E-state index is 13.3. The van der Waals surface area contributed by atoms with E-state index in [0.29, 0.717) is 24.5 Å². The van der Waals surface area contributed by atoms with E-state index in [0.717, 1.165) is 36.1 Å². The van der Waals surface area contributed by atoms with Gasteiger partial charge in [0.05, 0.1) is 5.69 Å². The predicted molar refractivity (Wildman–Crippen MR) is 123 cm³/mol. The second-order valence-electron chi connectivity index (χ2n) is 7.88. The summed E-state index contributed by atoms with van der Waals surface area (Å²) in [6, 6.07) is 15.1. The Morgan fingerprint density at radius 1 is 1.06 bits per heavy atom. The molecule has 0 spiro atoms. The first kappa shape index (κ1) is 21.4. The molecule has 1 fully saturated rings. The Hall–Kier alpha value is -2.80. The number of nitrogens with zero attached hydrogens (tertiary/aromatic N) is 2. The van der Waals surface area contributed by atoms with Crippen molar-refractivity contribution in [3.05, 3.63) is 54.1 Å². The van der Waals surface area contributed by atoms with Gasteiger partial charge in [0.1, 0.15) is 6.54 Å². The van der Waals surface area contributed by atoms with Crippen molar-refractivity contribution in [1.82, 2.24) is 4.90 Å². The van der Waals surface area contributed by atoms with Gasteiger partial charge in [0.15, 0.2) is 5.25 Å². The fraction of sp³-hybridized carbons (Fsp3) is 0.375. The number of benzene rings is 2. The summed E-state index contributed by atoms with van der Waals surface area (Å²) in [5, 5.41) is 2.04. The van der Waals surface area contributed by atoms with Gasteiger partial charge >= 0.3 is 0 Å². The molecule has 1 atom stereocenters. The molecule has 162 valence electrons. The van der Waals surface area contributed by atoms with Crippen molar-refractivity contribution in [3.8, 4) is 0 Å². The van der Waals surface area contributed by atoms with Crippen LogP contribution in [0.2, 0.25) is 0 Å². The summed E-state index contributed by atoms with van der Waals surface area (Å²) >= 11 is 1.29. The SMILES string of the molecule is CCc1cccc(NC(=O)CN2C(=O)[C@H](C(=O)N3CCCCC3)Sc3ccccc32)c1. The Bertz CT molecular complexity index is 988. The molecule has 0 aromatic heterocycles. The minimum absolute atomic E-state index is 0.128. The van der Waals surface area contributed by atoms with Crippen LogP contribution in [0.25, 0.3) is 0 Å². The molecule has 7 heteroatoms. The lowest BCUT2D eigenvalue weighted by atomic mass is 10.1. The molecule has 1 N–H and O–H groups in total. The minimum atomic E-state index is -0.843. The third-order valence-electron chi connectivity index (χ3n) is 5.70. The average molecular weight is 438 g/mol. The third-order valence-corrected chi connectivity index (χ3v) is 6.94. The number of anilines is 2. The van der Waals surface area contributed by atoms with Crippen LogP contribution in [-0.4, -0.2) is 47.5 Å². The zero-order valence-corrected chi connectivity index (χ0v) is 18.5. The highest BCUT2D eigenvalue weighted by atomic mass is 32.2. The van der Waals surface area contributed by atoms with Crippen LogP contribution in [-0.2, 0) is 20.8 Å². The molecule has 1 saturated heterocycles. The molecule has 2 aromatic carbocycles. The van der Waals surface area contributed by atoms with Crippen LogP contribution in [0.15, 0.2) is 53.4 Å². The summed E-state index contributed by atoms with van der Waals surface area (Å²) in [5.74, 6) is -0.755. The standard InChI is InChI=1S/C24H27N3O3S/c1-2-17-9-8-10-18(15-17)25-21(28)16-27-19-11-4-5-12-20(19)31-22(24(27)30)23(29)26-13-6-3-7-14-26/h4-5,8-12,15,22H,2-3,6-7,13-14,16H2,1H3,(H,25,28)/t22-/m0/s1. The number of piperidine rings is 1. The lowest BCUT2D eigenvalue weighted by Crippen LogP contribution is -2.52. The number of thioether (sulfide) groups is 1. The molecule has 31 heavy (non-hydrogen) atoms. The van der Waals surface area contributed by atoms with Gasteiger partial charge in [-0.1, -0.05) is 31.2 Å². The van der Waals surface area contributed by atoms with Gasteiger partial charge in [-0.2, -0.15) is 0 Å². The highest BCUT2D eigenvalue weighted by Gasteiger charge is 2.40. The molecule has 3 amide bonds. The van der Waals surface area contributed by atoms with E-state index < -0.39 is 5.25 Å². The Balaban J connectivity index is 1.54. The van der Waals surface area contributed by atoms with Crippen LogP contribution in [0.4, 0.5) is 11.4 Å². The van der Waals surface area contributed by atoms with E-state index in [2.05, 4.69) is 12.2 Å². The van der Waals surface area contributed by atoms with Crippen molar-refractivity contribution in [2.45, 2.75) is 42.8 Å². The molecule has 0 bridgehead atoms. The summed E-state index contributed by atoms with van der Waals surface area (Å²) in [6.07, 6.45) is 3.93. The number of amides is 3. The summed E-state index contributed by atoms with van der Waals surface area (Å²) in [7, 11) is 0. The number of nitrogens with one attached hydrogen (secondary N) is 1. The Kier molecular flexibility index (Phi) is 6.61. The first-order chi connectivity index (χ1) is 15.1. The normalized spacial score (nSPS) is 18.5. The van der Waals surface area contributed by atoms with Crippen LogP contribution in [0.1, 0.15) is 31.7 Å². The van der Waals surface area contributed by atoms with Crippen molar-refractivity contribution in [1.29, 1.82) is 0 Å². The molecule has 0 saturated carbocycles. The van der Waals surface area contributed by atoms with Crippen LogP contribution < -0.4 is 10.2 Å². The van der Waals surface area contributed by atoms with Gasteiger partial charge < -0.3 is 15.1 Å². The molecule has 0 radical (unpaired) electrons. The van der Waals surface area contributed by atoms with Gasteiger partial charge in [-0.25, -0.2) is 0 Å². The lowest BCUT2D eigenvalue weighted by Gasteiger charge is -2.36. The monoisotopic (exact) mass is 437 g/mol. The highest BCUT2D eigenvalue weighted by Crippen LogP contribution is 2.40. The Morgan fingerprint density at radius 2 is 1.84 bits per heavy atom. The van der Waals surface area contributed by atoms with Crippen LogP contribution in [0.5, 0.6) is 0 Å². The summed E-state index contributed by atoms with van der Waals surface area (Å²) in [4.78, 5) is 43.4. The van der Waals surface area contributed by atoms with Gasteiger partial charge in [-0.15, -0.1) is 11.8 Å². The molecule has 6 nitrogen and oxygen atoms in total. The Morgan fingerprint density at radius 3 is 2.61 bits per heavy atom. The maximum absolute atomic E-state index is 13.3. The molecular formula is C24H27N3O3S. The van der Waals surface area contributed by atoms with Crippen LogP contribution >= 0.6 is 11.8 Å². The van der Waals surface area contributed by atoms with E-state index in [9.17, 15) is 14.4 Å². The zero-order chi connectivity index (χ0) is 21.8. The summed E-state index contributed by atoms with van der Waals surface area (Å²) in [5.41, 5.74) is 2.51. The molecule has 2 aliphatic heterocycles. The number of likely N-dealkylation sites (tertiary alicyclic amines) is 1. The van der Waals surface area contributed by atoms with Crippen LogP contribution in [0, 0.1) is 0 Å². The van der Waals surface area contributed by atoms with E-state index in [1.54, 1.807) is 4.90 Å². The average Bonchev–Trinajstić information content (AvgIpc) is 2.81. The number of rotatable bonds is 5. The fourth-order valence-corrected chi connectivity index (χ4v) is 5.22. The zero-order valence-electron chi connectivity index (χ0n) is 17.7. The van der Waals surface area contributed by atoms with E-state index in [1.165, 1.54) is 16.7 Å². The minimum Gasteiger partial charge on any atom is -0.341 e. The van der Waals surface area contributed by atoms with Gasteiger partial charge in [0, 0.05) is 23.7 Å². The fourth-order valence-electron chi connectivity index (χ4n) is 4.03. The first-order valence-electron chi connectivity index (χ1n) is 10.8. The number of hydrogen-bond donors (Lipinski definition) is 1. The van der Waals surface area contributed by atoms with Gasteiger partial charge in [0.2, 0.25) is 11.8 Å². The van der Waals surface area contributed by atoms with Gasteiger partial charge in [-0.05, 0) is 55.5 Å². The highest BCUT2D eigenvalue weighted by molar-refractivity contribution is 8.01. The van der Waals surface area contributed by atoms with E-state index in [4.69, 9.17) is 0 Å². The van der Waals surface area contributed by atoms with Crippen molar-refractivity contribution >= 4 is 40.9 Å². The number of aryl methyl sites for hydroxylation is 1. The van der Waals surface area contributed by atoms with Crippen molar-refractivity contribution in [2.24, 2.45) is 0 Å². The first-order valence-corrected chi connectivity index (χ1v) is 11.7. The van der Waals surface area contributed by atoms with Crippen molar-refractivity contribution < 1.29 is 14.4 Å². The number of fused-ring (bicyclic) bond motifs is 1. The number of hydrogen-bond acceptors (Lipinski definition) is 4. The number of carbonyl (C=O) groups excluding carboxylic acids is 3. The number of para-hydroxylation sites is 1. The maximum Gasteiger partial charge on any atom is 0.250 e. The van der Waals surface area contributed by atoms with E-state index in [-0.39, 0.29) is 24.3 Å². The van der Waals surface area contributed by atoms with Crippen molar-refractivity contribution in [3.63, 3.8) is 0 Å². The Labute approximate surface area is 187 Å². The van der Waals surface area contributed by atoms with Crippen molar-refractivity contribution in [2.75, 3.05) is 29.9 Å². The third kappa shape index (κ3) is 4.77. The second-order valence-corrected chi connectivity index (χ2v) is 9.02. The van der Waals surface area contributed by atoms with Gasteiger partial charge in [-0.3, -0.25) is 14.4 Å². The molecule has 2 aliphatic rings. The predicted octanol–water partition coefficient (Wildman–Crippen LogP) is 3.71. The molecular weight excluding hydrogens is 410 g/mol. The summed E-state index contributed by atoms with van der Waals surface area (Å²) in [6.45, 7) is 3.32. The molecule has 0 aliphatic carbocycles. The molecule has 2 heterocycles. The van der Waals surface area contributed by atoms with E-state index in [1.807, 2.05) is 48.5 Å². The molecule has 0 unspecified atom stereocenters. The second kappa shape index (κ2) is 9.56. The summed E-state index contributed by atoms with van der Waals surface area (Å²) < 4.78 is 0. The topological polar surface area (TPSA) is 69.7 Å². The molecule has 4 rings (SSSR count). The van der Waals surface area contributed by atoms with E-state index >= 15 is 0 Å². The largest absolute Gasteiger partial charge is 0.341 e. The van der Waals surface area contributed by atoms with Crippen LogP contribution in [0.3, 0.4) is 0 Å². The van der Waals surface area contributed by atoms with Gasteiger partial charge in [0.25, 0.3) is 5.91 Å². The molecule has 2 aromatic rings. The smallest absolute Gasteiger partial charge is 0.250 e. The number of carbonyl (C=O) groups is 3.